The first-order chi connectivity index (χ1) is 11.9. The van der Waals surface area contributed by atoms with Gasteiger partial charge in [-0.15, -0.1) is 0 Å². The SMILES string of the molecule is CC(C)c1ccc(NC(=S)N/N=C\c2cc([N+](=O)[O-])ccc2O)cc1. The number of hydrazone groups is 1. The molecule has 0 unspecified atom stereocenters. The van der Waals surface area contributed by atoms with Gasteiger partial charge >= 0.3 is 0 Å². The Labute approximate surface area is 150 Å². The Kier molecular flexibility index (Phi) is 6.02. The first-order valence-electron chi connectivity index (χ1n) is 7.54. The molecule has 0 fully saturated rings. The molecule has 130 valence electrons. The van der Waals surface area contributed by atoms with E-state index >= 15 is 0 Å². The average molecular weight is 358 g/mol. The van der Waals surface area contributed by atoms with E-state index in [1.807, 2.05) is 24.3 Å². The lowest BCUT2D eigenvalue weighted by Gasteiger charge is -2.09. The molecule has 2 aromatic rings. The van der Waals surface area contributed by atoms with Crippen molar-refractivity contribution < 1.29 is 10.0 Å². The van der Waals surface area contributed by atoms with Crippen molar-refractivity contribution in [3.8, 4) is 5.75 Å². The second-order valence-electron chi connectivity index (χ2n) is 5.60. The molecule has 0 aliphatic rings. The Hall–Kier alpha value is -3.00. The molecule has 0 heterocycles. The van der Waals surface area contributed by atoms with Gasteiger partial charge in [-0.3, -0.25) is 15.5 Å². The van der Waals surface area contributed by atoms with E-state index in [9.17, 15) is 15.2 Å². The molecule has 0 radical (unpaired) electrons. The second-order valence-corrected chi connectivity index (χ2v) is 6.01. The predicted molar refractivity (Wildman–Crippen MR) is 102 cm³/mol. The molecule has 0 aliphatic carbocycles. The van der Waals surface area contributed by atoms with E-state index in [0.29, 0.717) is 5.92 Å². The first-order valence-corrected chi connectivity index (χ1v) is 7.95. The molecule has 0 aromatic heterocycles. The number of phenolic OH excluding ortho intramolecular Hbond substituents is 1. The molecule has 0 amide bonds. The third kappa shape index (κ3) is 5.25. The Balaban J connectivity index is 1.96. The van der Waals surface area contributed by atoms with Crippen molar-refractivity contribution in [3.05, 3.63) is 63.7 Å². The monoisotopic (exact) mass is 358 g/mol. The Morgan fingerprint density at radius 2 is 1.96 bits per heavy atom. The van der Waals surface area contributed by atoms with E-state index in [1.54, 1.807) is 0 Å². The van der Waals surface area contributed by atoms with Gasteiger partial charge in [0, 0.05) is 23.4 Å². The van der Waals surface area contributed by atoms with Crippen LogP contribution in [0.2, 0.25) is 0 Å². The van der Waals surface area contributed by atoms with E-state index in [1.165, 1.54) is 30.0 Å². The van der Waals surface area contributed by atoms with E-state index in [-0.39, 0.29) is 22.1 Å². The third-order valence-electron chi connectivity index (χ3n) is 3.43. The molecule has 25 heavy (non-hydrogen) atoms. The largest absolute Gasteiger partial charge is 0.507 e. The van der Waals surface area contributed by atoms with Crippen molar-refractivity contribution in [2.24, 2.45) is 5.10 Å². The van der Waals surface area contributed by atoms with Crippen molar-refractivity contribution in [2.45, 2.75) is 19.8 Å². The lowest BCUT2D eigenvalue weighted by atomic mass is 10.0. The van der Waals surface area contributed by atoms with Crippen molar-refractivity contribution in [3.63, 3.8) is 0 Å². The summed E-state index contributed by atoms with van der Waals surface area (Å²) in [4.78, 5) is 10.2. The van der Waals surface area contributed by atoms with Gasteiger partial charge in [-0.05, 0) is 41.9 Å². The number of non-ortho nitro benzene ring substituents is 1. The summed E-state index contributed by atoms with van der Waals surface area (Å²) in [5.74, 6) is 0.339. The molecule has 0 spiro atoms. The fourth-order valence-electron chi connectivity index (χ4n) is 2.03. The minimum atomic E-state index is -0.544. The van der Waals surface area contributed by atoms with Crippen LogP contribution < -0.4 is 10.7 Å². The summed E-state index contributed by atoms with van der Waals surface area (Å²) in [5, 5.41) is 27.6. The number of nitrogens with one attached hydrogen (secondary N) is 2. The molecule has 2 rings (SSSR count). The van der Waals surface area contributed by atoms with Crippen LogP contribution in [0.5, 0.6) is 5.75 Å². The molecular formula is C17H18N4O3S. The summed E-state index contributed by atoms with van der Waals surface area (Å²) >= 11 is 5.13. The van der Waals surface area contributed by atoms with E-state index in [2.05, 4.69) is 29.7 Å². The Morgan fingerprint density at radius 3 is 2.56 bits per heavy atom. The van der Waals surface area contributed by atoms with E-state index in [0.717, 1.165) is 5.69 Å². The molecule has 0 saturated heterocycles. The minimum Gasteiger partial charge on any atom is -0.507 e. The molecule has 0 saturated carbocycles. The van der Waals surface area contributed by atoms with Gasteiger partial charge in [-0.1, -0.05) is 26.0 Å². The van der Waals surface area contributed by atoms with Crippen LogP contribution in [0.1, 0.15) is 30.9 Å². The van der Waals surface area contributed by atoms with E-state index < -0.39 is 4.92 Å². The van der Waals surface area contributed by atoms with Crippen LogP contribution >= 0.6 is 12.2 Å². The summed E-state index contributed by atoms with van der Waals surface area (Å²) in [6.45, 7) is 4.24. The maximum atomic E-state index is 10.7. The van der Waals surface area contributed by atoms with Gasteiger partial charge in [-0.25, -0.2) is 0 Å². The van der Waals surface area contributed by atoms with Crippen molar-refractivity contribution in [1.29, 1.82) is 0 Å². The molecule has 0 aliphatic heterocycles. The number of nitro groups is 1. The normalized spacial score (nSPS) is 10.8. The van der Waals surface area contributed by atoms with Crippen molar-refractivity contribution in [1.82, 2.24) is 5.43 Å². The number of hydrogen-bond donors (Lipinski definition) is 3. The number of benzene rings is 2. The molecule has 8 heteroatoms. The molecular weight excluding hydrogens is 340 g/mol. The molecule has 2 aromatic carbocycles. The van der Waals surface area contributed by atoms with Crippen LogP contribution in [0.25, 0.3) is 0 Å². The van der Waals surface area contributed by atoms with Gasteiger partial charge in [-0.2, -0.15) is 5.10 Å². The van der Waals surface area contributed by atoms with Crippen molar-refractivity contribution >= 4 is 34.9 Å². The summed E-state index contributed by atoms with van der Waals surface area (Å²) in [6.07, 6.45) is 1.26. The minimum absolute atomic E-state index is 0.112. The molecule has 7 nitrogen and oxygen atoms in total. The zero-order valence-electron chi connectivity index (χ0n) is 13.8. The van der Waals surface area contributed by atoms with Crippen LogP contribution in [0.4, 0.5) is 11.4 Å². The van der Waals surface area contributed by atoms with Gasteiger partial charge in [0.15, 0.2) is 5.11 Å². The number of phenols is 1. The summed E-state index contributed by atoms with van der Waals surface area (Å²) < 4.78 is 0. The molecule has 0 atom stereocenters. The fourth-order valence-corrected chi connectivity index (χ4v) is 2.20. The Bertz CT molecular complexity index is 804. The predicted octanol–water partition coefficient (Wildman–Crippen LogP) is 3.74. The highest BCUT2D eigenvalue weighted by Gasteiger charge is 2.08. The van der Waals surface area contributed by atoms with E-state index in [4.69, 9.17) is 12.2 Å². The highest BCUT2D eigenvalue weighted by Crippen LogP contribution is 2.21. The van der Waals surface area contributed by atoms with Crippen LogP contribution in [-0.4, -0.2) is 21.4 Å². The van der Waals surface area contributed by atoms with Gasteiger partial charge in [0.1, 0.15) is 5.75 Å². The first kappa shape index (κ1) is 18.3. The summed E-state index contributed by atoms with van der Waals surface area (Å²) in [5.41, 5.74) is 4.72. The maximum absolute atomic E-state index is 10.7. The van der Waals surface area contributed by atoms with Crippen LogP contribution in [-0.2, 0) is 0 Å². The number of thiocarbonyl (C=S) groups is 1. The smallest absolute Gasteiger partial charge is 0.270 e. The maximum Gasteiger partial charge on any atom is 0.270 e. The zero-order chi connectivity index (χ0) is 18.4. The van der Waals surface area contributed by atoms with Crippen LogP contribution in [0, 0.1) is 10.1 Å². The van der Waals surface area contributed by atoms with Gasteiger partial charge in [0.2, 0.25) is 0 Å². The number of nitro benzene ring substituents is 1. The Morgan fingerprint density at radius 1 is 1.28 bits per heavy atom. The highest BCUT2D eigenvalue weighted by atomic mass is 32.1. The van der Waals surface area contributed by atoms with Gasteiger partial charge in [0.05, 0.1) is 11.1 Å². The second kappa shape index (κ2) is 8.20. The number of hydrogen-bond acceptors (Lipinski definition) is 5. The summed E-state index contributed by atoms with van der Waals surface area (Å²) in [7, 11) is 0. The molecule has 3 N–H and O–H groups in total. The number of aromatic hydroxyl groups is 1. The van der Waals surface area contributed by atoms with Crippen LogP contribution in [0.3, 0.4) is 0 Å². The fraction of sp³-hybridized carbons (Fsp3) is 0.176. The topological polar surface area (TPSA) is 99.8 Å². The van der Waals surface area contributed by atoms with Crippen LogP contribution in [0.15, 0.2) is 47.6 Å². The zero-order valence-corrected chi connectivity index (χ0v) is 14.6. The lowest BCUT2D eigenvalue weighted by molar-refractivity contribution is -0.384. The third-order valence-corrected chi connectivity index (χ3v) is 3.62. The van der Waals surface area contributed by atoms with Gasteiger partial charge < -0.3 is 10.4 Å². The van der Waals surface area contributed by atoms with Crippen molar-refractivity contribution in [2.75, 3.05) is 5.32 Å². The summed E-state index contributed by atoms with van der Waals surface area (Å²) in [6, 6.07) is 11.5. The lowest BCUT2D eigenvalue weighted by Crippen LogP contribution is -2.23. The molecule has 0 bridgehead atoms. The number of rotatable bonds is 5. The van der Waals surface area contributed by atoms with Gasteiger partial charge in [0.25, 0.3) is 5.69 Å². The average Bonchev–Trinajstić information content (AvgIpc) is 2.56. The standard InChI is InChI=1S/C17H18N4O3S/c1-11(2)12-3-5-14(6-4-12)19-17(25)20-18-10-13-9-15(21(23)24)7-8-16(13)22/h3-11,22H,1-2H3,(H2,19,20,25)/b18-10-. The number of anilines is 1. The number of nitrogens with zero attached hydrogens (tertiary/aromatic N) is 2. The quantitative estimate of drug-likeness (QED) is 0.326. The highest BCUT2D eigenvalue weighted by molar-refractivity contribution is 7.80.